The maximum Gasteiger partial charge on any atom is 0.147 e. The summed E-state index contributed by atoms with van der Waals surface area (Å²) >= 11 is 0. The van der Waals surface area contributed by atoms with Crippen molar-refractivity contribution in [2.24, 2.45) is 0 Å². The van der Waals surface area contributed by atoms with Crippen LogP contribution in [0, 0.1) is 0 Å². The fourth-order valence-electron chi connectivity index (χ4n) is 8.91. The second-order valence-electron chi connectivity index (χ2n) is 15.3. The van der Waals surface area contributed by atoms with Crippen molar-refractivity contribution in [3.8, 4) is 33.4 Å². The molecule has 0 aliphatic carbocycles. The first-order valence-corrected chi connectivity index (χ1v) is 20.1. The first-order valence-electron chi connectivity index (χ1n) is 20.1. The van der Waals surface area contributed by atoms with E-state index in [-0.39, 0.29) is 0 Å². The molecule has 0 fully saturated rings. The highest BCUT2D eigenvalue weighted by atomic mass is 16.3. The summed E-state index contributed by atoms with van der Waals surface area (Å²) in [4.78, 5) is 2.34. The molecule has 12 aromatic rings. The molecule has 2 heterocycles. The van der Waals surface area contributed by atoms with Crippen LogP contribution in [0.3, 0.4) is 0 Å². The number of hydrogen-bond acceptors (Lipinski definition) is 3. The van der Waals surface area contributed by atoms with Crippen molar-refractivity contribution >= 4 is 82.5 Å². The molecule has 0 saturated carbocycles. The Morgan fingerprint density at radius 1 is 0.288 bits per heavy atom. The Labute approximate surface area is 340 Å². The topological polar surface area (TPSA) is 29.5 Å². The van der Waals surface area contributed by atoms with Gasteiger partial charge in [0.1, 0.15) is 22.3 Å². The van der Waals surface area contributed by atoms with Gasteiger partial charge in [-0.1, -0.05) is 140 Å². The van der Waals surface area contributed by atoms with E-state index in [9.17, 15) is 0 Å². The Balaban J connectivity index is 0.957. The lowest BCUT2D eigenvalue weighted by Crippen LogP contribution is -2.09. The lowest BCUT2D eigenvalue weighted by molar-refractivity contribution is 0.663. The predicted octanol–water partition coefficient (Wildman–Crippen LogP) is 16.3. The molecule has 0 unspecified atom stereocenters. The predicted molar refractivity (Wildman–Crippen MR) is 247 cm³/mol. The van der Waals surface area contributed by atoms with Crippen molar-refractivity contribution in [1.82, 2.24) is 0 Å². The van der Waals surface area contributed by atoms with Crippen molar-refractivity contribution in [3.05, 3.63) is 212 Å². The highest BCUT2D eigenvalue weighted by Gasteiger charge is 2.20. The van der Waals surface area contributed by atoms with Crippen molar-refractivity contribution < 1.29 is 8.83 Å². The molecule has 0 atom stereocenters. The van der Waals surface area contributed by atoms with Gasteiger partial charge in [0.25, 0.3) is 0 Å². The second kappa shape index (κ2) is 13.4. The number of hydrogen-bond donors (Lipinski definition) is 0. The highest BCUT2D eigenvalue weighted by Crippen LogP contribution is 2.44. The van der Waals surface area contributed by atoms with E-state index in [1.807, 2.05) is 18.2 Å². The molecule has 10 aromatic carbocycles. The van der Waals surface area contributed by atoms with Crippen LogP contribution in [0.4, 0.5) is 17.1 Å². The highest BCUT2D eigenvalue weighted by molar-refractivity contribution is 6.24. The molecule has 0 spiro atoms. The van der Waals surface area contributed by atoms with Gasteiger partial charge in [-0.05, 0) is 128 Å². The van der Waals surface area contributed by atoms with Crippen LogP contribution in [-0.4, -0.2) is 0 Å². The zero-order chi connectivity index (χ0) is 38.9. The zero-order valence-corrected chi connectivity index (χ0v) is 32.0. The number of furan rings is 2. The van der Waals surface area contributed by atoms with E-state index in [4.69, 9.17) is 8.83 Å². The van der Waals surface area contributed by atoms with Gasteiger partial charge in [0.2, 0.25) is 0 Å². The average Bonchev–Trinajstić information content (AvgIpc) is 3.88. The molecule has 12 rings (SSSR count). The maximum atomic E-state index is 6.52. The Bertz CT molecular complexity index is 3410. The Morgan fingerprint density at radius 3 is 1.39 bits per heavy atom. The number of anilines is 3. The molecule has 0 bridgehead atoms. The second-order valence-corrected chi connectivity index (χ2v) is 15.3. The van der Waals surface area contributed by atoms with Crippen LogP contribution in [0.5, 0.6) is 0 Å². The Kier molecular flexibility index (Phi) is 7.54. The third-order valence-electron chi connectivity index (χ3n) is 11.9. The lowest BCUT2D eigenvalue weighted by atomic mass is 9.98. The van der Waals surface area contributed by atoms with Gasteiger partial charge in [0.15, 0.2) is 0 Å². The van der Waals surface area contributed by atoms with E-state index < -0.39 is 0 Å². The van der Waals surface area contributed by atoms with E-state index in [0.717, 1.165) is 72.1 Å². The SMILES string of the molecule is c1ccc2cc(-c3ccc(N(c4ccc(-c5ccc6ccccc6c5)cc4)c4ccc(-c5cccc6oc7ccc8c9ccccc9oc8c7c56)cc4)cc3)ccc2c1. The summed E-state index contributed by atoms with van der Waals surface area (Å²) < 4.78 is 13.0. The third kappa shape index (κ3) is 5.59. The minimum absolute atomic E-state index is 0.820. The summed E-state index contributed by atoms with van der Waals surface area (Å²) in [6.07, 6.45) is 0. The van der Waals surface area contributed by atoms with Crippen molar-refractivity contribution in [1.29, 1.82) is 0 Å². The van der Waals surface area contributed by atoms with Crippen molar-refractivity contribution in [3.63, 3.8) is 0 Å². The molecule has 0 amide bonds. The molecule has 3 heteroatoms. The summed E-state index contributed by atoms with van der Waals surface area (Å²) in [5.74, 6) is 0. The fraction of sp³-hybridized carbons (Fsp3) is 0. The number of benzene rings is 10. The molecule has 0 aliphatic rings. The van der Waals surface area contributed by atoms with Crippen LogP contribution >= 0.6 is 0 Å². The van der Waals surface area contributed by atoms with Crippen molar-refractivity contribution in [2.45, 2.75) is 0 Å². The zero-order valence-electron chi connectivity index (χ0n) is 32.0. The minimum atomic E-state index is 0.820. The third-order valence-corrected chi connectivity index (χ3v) is 11.9. The molecule has 276 valence electrons. The van der Waals surface area contributed by atoms with E-state index in [1.54, 1.807) is 0 Å². The molecular weight excluding hydrogens is 719 g/mol. The number of para-hydroxylation sites is 1. The van der Waals surface area contributed by atoms with Gasteiger partial charge in [-0.15, -0.1) is 0 Å². The largest absolute Gasteiger partial charge is 0.456 e. The molecule has 0 radical (unpaired) electrons. The Hall–Kier alpha value is -7.88. The van der Waals surface area contributed by atoms with Crippen LogP contribution in [0.15, 0.2) is 221 Å². The van der Waals surface area contributed by atoms with E-state index in [0.29, 0.717) is 0 Å². The Morgan fingerprint density at radius 2 is 0.780 bits per heavy atom. The van der Waals surface area contributed by atoms with Gasteiger partial charge < -0.3 is 13.7 Å². The number of nitrogens with zero attached hydrogens (tertiary/aromatic N) is 1. The average molecular weight is 754 g/mol. The summed E-state index contributed by atoms with van der Waals surface area (Å²) in [6, 6.07) is 75.9. The molecule has 0 aliphatic heterocycles. The molecule has 3 nitrogen and oxygen atoms in total. The van der Waals surface area contributed by atoms with Crippen LogP contribution in [0.2, 0.25) is 0 Å². The first kappa shape index (κ1) is 33.3. The smallest absolute Gasteiger partial charge is 0.147 e. The van der Waals surface area contributed by atoms with Crippen molar-refractivity contribution in [2.75, 3.05) is 4.90 Å². The fourth-order valence-corrected chi connectivity index (χ4v) is 8.91. The normalized spacial score (nSPS) is 11.7. The quantitative estimate of drug-likeness (QED) is 0.169. The molecule has 2 aromatic heterocycles. The van der Waals surface area contributed by atoms with Crippen LogP contribution in [0.25, 0.3) is 98.8 Å². The van der Waals surface area contributed by atoms with E-state index in [1.165, 1.54) is 43.8 Å². The number of fused-ring (bicyclic) bond motifs is 9. The molecular formula is C56H35NO2. The first-order chi connectivity index (χ1) is 29.2. The van der Waals surface area contributed by atoms with Gasteiger partial charge in [0.05, 0.1) is 5.39 Å². The summed E-state index contributed by atoms with van der Waals surface area (Å²) in [5.41, 5.74) is 13.6. The van der Waals surface area contributed by atoms with Gasteiger partial charge in [-0.3, -0.25) is 0 Å². The molecule has 59 heavy (non-hydrogen) atoms. The van der Waals surface area contributed by atoms with Gasteiger partial charge >= 0.3 is 0 Å². The van der Waals surface area contributed by atoms with Gasteiger partial charge in [-0.25, -0.2) is 0 Å². The summed E-state index contributed by atoms with van der Waals surface area (Å²) in [7, 11) is 0. The van der Waals surface area contributed by atoms with Crippen LogP contribution < -0.4 is 4.90 Å². The minimum Gasteiger partial charge on any atom is -0.456 e. The monoisotopic (exact) mass is 753 g/mol. The van der Waals surface area contributed by atoms with Crippen LogP contribution in [-0.2, 0) is 0 Å². The number of rotatable bonds is 6. The maximum absolute atomic E-state index is 6.52. The standard InChI is InChI=1S/C56H35NO2/c1-3-10-41-34-43(18-16-36(41)8-1)38-20-26-45(27-21-38)57(46-28-22-39(23-29-46)44-19-17-37-9-2-4-11-42(37)35-44)47-30-24-40(25-31-47)48-13-7-15-52-54(48)55-53(58-52)33-32-50-49-12-5-6-14-51(49)59-56(50)55/h1-35H. The van der Waals surface area contributed by atoms with Gasteiger partial charge in [-0.2, -0.15) is 0 Å². The molecule has 0 N–H and O–H groups in total. The van der Waals surface area contributed by atoms with E-state index >= 15 is 0 Å². The van der Waals surface area contributed by atoms with Crippen LogP contribution in [0.1, 0.15) is 0 Å². The van der Waals surface area contributed by atoms with E-state index in [2.05, 4.69) is 199 Å². The summed E-state index contributed by atoms with van der Waals surface area (Å²) in [5, 5.41) is 9.24. The molecule has 0 saturated heterocycles. The lowest BCUT2D eigenvalue weighted by Gasteiger charge is -2.26. The van der Waals surface area contributed by atoms with Gasteiger partial charge in [0, 0.05) is 33.2 Å². The summed E-state index contributed by atoms with van der Waals surface area (Å²) in [6.45, 7) is 0.